The molecule has 1 atom stereocenters. The number of anilines is 1. The minimum atomic E-state index is -0.0114. The van der Waals surface area contributed by atoms with Gasteiger partial charge in [-0.3, -0.25) is 4.79 Å². The van der Waals surface area contributed by atoms with Gasteiger partial charge in [-0.15, -0.1) is 0 Å². The number of carbonyl (C=O) groups is 1. The zero-order valence-corrected chi connectivity index (χ0v) is 11.2. The highest BCUT2D eigenvalue weighted by Gasteiger charge is 2.17. The fourth-order valence-electron chi connectivity index (χ4n) is 2.10. The Morgan fingerprint density at radius 3 is 2.83 bits per heavy atom. The Bertz CT molecular complexity index is 416. The molecule has 5 nitrogen and oxygen atoms in total. The largest absolute Gasteiger partial charge is 0.354 e. The molecule has 2 rings (SSSR count). The number of nitrogens with zero attached hydrogens (tertiary/aromatic N) is 3. The first kappa shape index (κ1) is 12.8. The number of hydrogen-bond acceptors (Lipinski definition) is 4. The van der Waals surface area contributed by atoms with Gasteiger partial charge in [0.15, 0.2) is 0 Å². The maximum absolute atomic E-state index is 11.7. The zero-order chi connectivity index (χ0) is 13.1. The van der Waals surface area contributed by atoms with Gasteiger partial charge in [0.05, 0.1) is 5.56 Å². The molecule has 1 aliphatic rings. The first-order valence-corrected chi connectivity index (χ1v) is 6.24. The number of amides is 1. The van der Waals surface area contributed by atoms with Crippen molar-refractivity contribution in [1.29, 1.82) is 0 Å². The van der Waals surface area contributed by atoms with Crippen LogP contribution in [0, 0.1) is 0 Å². The molecule has 1 saturated heterocycles. The van der Waals surface area contributed by atoms with E-state index >= 15 is 0 Å². The third-order valence-corrected chi connectivity index (χ3v) is 3.09. The van der Waals surface area contributed by atoms with Gasteiger partial charge in [-0.05, 0) is 19.1 Å². The number of rotatable bonds is 2. The summed E-state index contributed by atoms with van der Waals surface area (Å²) in [5.41, 5.74) is 0.631. The normalized spacial score (nSPS) is 19.7. The van der Waals surface area contributed by atoms with Crippen LogP contribution in [0.1, 0.15) is 17.3 Å². The van der Waals surface area contributed by atoms with Crippen molar-refractivity contribution in [3.8, 4) is 0 Å². The number of pyridine rings is 1. The molecule has 2 heterocycles. The Balaban J connectivity index is 2.10. The number of aromatic nitrogens is 1. The van der Waals surface area contributed by atoms with E-state index in [1.807, 2.05) is 12.1 Å². The highest BCUT2D eigenvalue weighted by atomic mass is 16.2. The van der Waals surface area contributed by atoms with E-state index < -0.39 is 0 Å². The Kier molecular flexibility index (Phi) is 3.81. The van der Waals surface area contributed by atoms with Gasteiger partial charge in [0.25, 0.3) is 5.91 Å². The summed E-state index contributed by atoms with van der Waals surface area (Å²) >= 11 is 0. The number of piperazine rings is 1. The molecule has 0 saturated carbocycles. The molecule has 1 aliphatic heterocycles. The summed E-state index contributed by atoms with van der Waals surface area (Å²) in [6.07, 6.45) is 1.66. The van der Waals surface area contributed by atoms with E-state index in [2.05, 4.69) is 22.1 Å². The summed E-state index contributed by atoms with van der Waals surface area (Å²) in [5, 5.41) is 3.40. The Morgan fingerprint density at radius 1 is 1.50 bits per heavy atom. The van der Waals surface area contributed by atoms with E-state index in [0.717, 1.165) is 25.5 Å². The average molecular weight is 248 g/mol. The van der Waals surface area contributed by atoms with E-state index in [0.29, 0.717) is 11.6 Å². The van der Waals surface area contributed by atoms with E-state index in [1.165, 1.54) is 0 Å². The number of nitrogens with one attached hydrogen (secondary N) is 1. The van der Waals surface area contributed by atoms with Gasteiger partial charge in [0.2, 0.25) is 0 Å². The first-order chi connectivity index (χ1) is 8.58. The summed E-state index contributed by atoms with van der Waals surface area (Å²) in [5.74, 6) is 0.932. The van der Waals surface area contributed by atoms with Crippen molar-refractivity contribution in [1.82, 2.24) is 15.2 Å². The van der Waals surface area contributed by atoms with Crippen LogP contribution < -0.4 is 10.2 Å². The minimum Gasteiger partial charge on any atom is -0.354 e. The predicted octanol–water partition coefficient (Wildman–Crippen LogP) is 0.581. The van der Waals surface area contributed by atoms with Gasteiger partial charge in [-0.25, -0.2) is 4.98 Å². The van der Waals surface area contributed by atoms with Crippen LogP contribution >= 0.6 is 0 Å². The molecule has 5 heteroatoms. The van der Waals surface area contributed by atoms with Crippen molar-refractivity contribution in [3.05, 3.63) is 23.9 Å². The summed E-state index contributed by atoms with van der Waals surface area (Å²) < 4.78 is 0. The van der Waals surface area contributed by atoms with Gasteiger partial charge in [0, 0.05) is 46.0 Å². The fraction of sp³-hybridized carbons (Fsp3) is 0.538. The first-order valence-electron chi connectivity index (χ1n) is 6.24. The summed E-state index contributed by atoms with van der Waals surface area (Å²) in [4.78, 5) is 19.9. The number of hydrogen-bond donors (Lipinski definition) is 1. The molecule has 1 fully saturated rings. The fourth-order valence-corrected chi connectivity index (χ4v) is 2.10. The molecule has 1 aromatic heterocycles. The van der Waals surface area contributed by atoms with E-state index in [9.17, 15) is 4.79 Å². The molecule has 0 aliphatic carbocycles. The smallest absolute Gasteiger partial charge is 0.254 e. The molecule has 0 bridgehead atoms. The van der Waals surface area contributed by atoms with Gasteiger partial charge in [0.1, 0.15) is 5.82 Å². The van der Waals surface area contributed by atoms with Crippen molar-refractivity contribution in [2.75, 3.05) is 38.6 Å². The second kappa shape index (κ2) is 5.35. The Labute approximate surface area is 108 Å². The lowest BCUT2D eigenvalue weighted by molar-refractivity contribution is 0.0827. The predicted molar refractivity (Wildman–Crippen MR) is 71.9 cm³/mol. The molecule has 1 aromatic rings. The van der Waals surface area contributed by atoms with E-state index in [1.54, 1.807) is 25.2 Å². The van der Waals surface area contributed by atoms with Crippen LogP contribution in [0.5, 0.6) is 0 Å². The number of carbonyl (C=O) groups excluding carboxylic acids is 1. The van der Waals surface area contributed by atoms with Crippen molar-refractivity contribution >= 4 is 11.7 Å². The summed E-state index contributed by atoms with van der Waals surface area (Å²) in [6.45, 7) is 5.05. The minimum absolute atomic E-state index is 0.0114. The lowest BCUT2D eigenvalue weighted by Gasteiger charge is -2.32. The maximum Gasteiger partial charge on any atom is 0.254 e. The van der Waals surface area contributed by atoms with Gasteiger partial charge in [-0.1, -0.05) is 0 Å². The lowest BCUT2D eigenvalue weighted by atomic mass is 10.2. The van der Waals surface area contributed by atoms with Crippen molar-refractivity contribution in [2.45, 2.75) is 13.0 Å². The van der Waals surface area contributed by atoms with Crippen molar-refractivity contribution in [3.63, 3.8) is 0 Å². The molecule has 1 amide bonds. The summed E-state index contributed by atoms with van der Waals surface area (Å²) in [6, 6.07) is 4.25. The van der Waals surface area contributed by atoms with Crippen molar-refractivity contribution in [2.24, 2.45) is 0 Å². The third-order valence-electron chi connectivity index (χ3n) is 3.09. The SMILES string of the molecule is C[C@H]1CN(c2ccc(C(=O)N(C)C)cn2)CCN1. The standard InChI is InChI=1S/C13H20N4O/c1-10-9-17(7-6-14-10)12-5-4-11(8-15-12)13(18)16(2)3/h4-5,8,10,14H,6-7,9H2,1-3H3/t10-/m0/s1. The molecule has 1 N–H and O–H groups in total. The van der Waals surface area contributed by atoms with Crippen LogP contribution in [-0.2, 0) is 0 Å². The lowest BCUT2D eigenvalue weighted by Crippen LogP contribution is -2.49. The van der Waals surface area contributed by atoms with Crippen LogP contribution in [0.25, 0.3) is 0 Å². The van der Waals surface area contributed by atoms with Crippen LogP contribution in [0.2, 0.25) is 0 Å². The molecule has 0 unspecified atom stereocenters. The second-order valence-electron chi connectivity index (χ2n) is 4.91. The van der Waals surface area contributed by atoms with E-state index in [-0.39, 0.29) is 5.91 Å². The highest BCUT2D eigenvalue weighted by molar-refractivity contribution is 5.93. The van der Waals surface area contributed by atoms with Crippen LogP contribution in [0.3, 0.4) is 0 Å². The molecule has 0 radical (unpaired) electrons. The van der Waals surface area contributed by atoms with E-state index in [4.69, 9.17) is 0 Å². The van der Waals surface area contributed by atoms with Crippen LogP contribution in [0.4, 0.5) is 5.82 Å². The zero-order valence-electron chi connectivity index (χ0n) is 11.2. The monoisotopic (exact) mass is 248 g/mol. The maximum atomic E-state index is 11.7. The van der Waals surface area contributed by atoms with Gasteiger partial charge in [-0.2, -0.15) is 0 Å². The average Bonchev–Trinajstić information content (AvgIpc) is 2.38. The topological polar surface area (TPSA) is 48.5 Å². The molecule has 0 aromatic carbocycles. The van der Waals surface area contributed by atoms with Crippen LogP contribution in [-0.4, -0.2) is 55.6 Å². The quantitative estimate of drug-likeness (QED) is 0.832. The molecular weight excluding hydrogens is 228 g/mol. The molecular formula is C13H20N4O. The molecule has 18 heavy (non-hydrogen) atoms. The van der Waals surface area contributed by atoms with Crippen molar-refractivity contribution < 1.29 is 4.79 Å². The molecule has 0 spiro atoms. The third kappa shape index (κ3) is 2.79. The summed E-state index contributed by atoms with van der Waals surface area (Å²) in [7, 11) is 3.49. The van der Waals surface area contributed by atoms with Gasteiger partial charge >= 0.3 is 0 Å². The highest BCUT2D eigenvalue weighted by Crippen LogP contribution is 2.14. The van der Waals surface area contributed by atoms with Gasteiger partial charge < -0.3 is 15.1 Å². The van der Waals surface area contributed by atoms with Crippen LogP contribution in [0.15, 0.2) is 18.3 Å². The Hall–Kier alpha value is -1.62. The molecule has 98 valence electrons. The Morgan fingerprint density at radius 2 is 2.28 bits per heavy atom. The second-order valence-corrected chi connectivity index (χ2v) is 4.91.